The molecule has 5 atom stereocenters. The van der Waals surface area contributed by atoms with E-state index in [0.717, 1.165) is 38.7 Å². The van der Waals surface area contributed by atoms with Gasteiger partial charge in [0.25, 0.3) is 0 Å². The molecule has 7 heteroatoms. The Labute approximate surface area is 167 Å². The van der Waals surface area contributed by atoms with Gasteiger partial charge in [0.05, 0.1) is 25.4 Å². The van der Waals surface area contributed by atoms with Crippen LogP contribution in [0.3, 0.4) is 0 Å². The lowest BCUT2D eigenvalue weighted by Crippen LogP contribution is -2.33. The van der Waals surface area contributed by atoms with Crippen LogP contribution in [-0.4, -0.2) is 60.8 Å². The molecular weight excluding hydrogens is 364 g/mol. The molecule has 3 aliphatic rings. The third-order valence-electron chi connectivity index (χ3n) is 5.95. The highest BCUT2D eigenvalue weighted by Gasteiger charge is 2.45. The molecule has 0 amide bonds. The summed E-state index contributed by atoms with van der Waals surface area (Å²) in [4.78, 5) is 10.6. The number of aliphatic hydroxyl groups excluding tert-OH is 1. The lowest BCUT2D eigenvalue weighted by molar-refractivity contribution is -0.200. The van der Waals surface area contributed by atoms with E-state index in [4.69, 9.17) is 24.1 Å². The van der Waals surface area contributed by atoms with Gasteiger partial charge in [0.2, 0.25) is 0 Å². The predicted molar refractivity (Wildman–Crippen MR) is 102 cm³/mol. The molecule has 0 spiro atoms. The summed E-state index contributed by atoms with van der Waals surface area (Å²) in [6.07, 6.45) is 9.93. The number of aliphatic carboxylic acids is 1. The summed E-state index contributed by atoms with van der Waals surface area (Å²) in [5.74, 6) is -0.537. The Morgan fingerprint density at radius 1 is 1.07 bits per heavy atom. The number of unbranched alkanes of at least 4 members (excludes halogenated alkanes) is 1. The first-order chi connectivity index (χ1) is 13.6. The molecule has 2 aliphatic heterocycles. The van der Waals surface area contributed by atoms with Crippen molar-refractivity contribution in [2.24, 2.45) is 11.8 Å². The van der Waals surface area contributed by atoms with E-state index in [0.29, 0.717) is 32.5 Å². The topological polar surface area (TPSA) is 94.5 Å². The molecule has 0 bridgehead atoms. The van der Waals surface area contributed by atoms with Gasteiger partial charge in [-0.25, -0.2) is 0 Å². The molecule has 0 aromatic rings. The third-order valence-corrected chi connectivity index (χ3v) is 5.95. The van der Waals surface area contributed by atoms with Gasteiger partial charge in [-0.1, -0.05) is 12.2 Å². The second-order valence-corrected chi connectivity index (χ2v) is 8.00. The van der Waals surface area contributed by atoms with Gasteiger partial charge in [0, 0.05) is 25.9 Å². The van der Waals surface area contributed by atoms with Crippen LogP contribution in [-0.2, 0) is 23.7 Å². The largest absolute Gasteiger partial charge is 0.481 e. The number of carbonyl (C=O) groups is 1. The van der Waals surface area contributed by atoms with Crippen LogP contribution in [0.5, 0.6) is 0 Å². The summed E-state index contributed by atoms with van der Waals surface area (Å²) in [6, 6.07) is 0. The van der Waals surface area contributed by atoms with Gasteiger partial charge in [-0.05, 0) is 50.4 Å². The first kappa shape index (κ1) is 21.7. The summed E-state index contributed by atoms with van der Waals surface area (Å²) in [5.41, 5.74) is 0. The van der Waals surface area contributed by atoms with Gasteiger partial charge >= 0.3 is 5.97 Å². The molecule has 160 valence electrons. The standard InChI is InChI=1S/C21H34O7/c22-17-14-18(28-20-9-5-6-10-25-20)16(13-21-26-11-12-27-21)15(17)7-3-1-2-4-8-19(23)24/h1,3,15-18,20-22H,2,4-14H2,(H,23,24)/b3-1-/t15-,16-,17+,18-,20?/m1/s1. The number of allylic oxidation sites excluding steroid dienone is 2. The van der Waals surface area contributed by atoms with Gasteiger partial charge < -0.3 is 29.2 Å². The van der Waals surface area contributed by atoms with Crippen LogP contribution < -0.4 is 0 Å². The van der Waals surface area contributed by atoms with Gasteiger partial charge in [-0.3, -0.25) is 4.79 Å². The van der Waals surface area contributed by atoms with Crippen LogP contribution in [0.25, 0.3) is 0 Å². The fourth-order valence-corrected chi connectivity index (χ4v) is 4.48. The minimum absolute atomic E-state index is 0.0590. The number of ether oxygens (including phenoxy) is 4. The van der Waals surface area contributed by atoms with Crippen LogP contribution in [0.4, 0.5) is 0 Å². The average Bonchev–Trinajstić information content (AvgIpc) is 3.28. The number of carboxylic acids is 1. The minimum Gasteiger partial charge on any atom is -0.481 e. The summed E-state index contributed by atoms with van der Waals surface area (Å²) in [7, 11) is 0. The van der Waals surface area contributed by atoms with E-state index in [1.165, 1.54) is 0 Å². The van der Waals surface area contributed by atoms with Crippen LogP contribution in [0.15, 0.2) is 12.2 Å². The molecule has 28 heavy (non-hydrogen) atoms. The first-order valence-electron chi connectivity index (χ1n) is 10.7. The first-order valence-corrected chi connectivity index (χ1v) is 10.7. The monoisotopic (exact) mass is 398 g/mol. The average molecular weight is 398 g/mol. The zero-order chi connectivity index (χ0) is 19.8. The molecule has 2 N–H and O–H groups in total. The Morgan fingerprint density at radius 3 is 2.61 bits per heavy atom. The summed E-state index contributed by atoms with van der Waals surface area (Å²) >= 11 is 0. The van der Waals surface area contributed by atoms with Gasteiger partial charge in [0.15, 0.2) is 12.6 Å². The Kier molecular flexibility index (Phi) is 8.73. The van der Waals surface area contributed by atoms with Crippen molar-refractivity contribution in [3.05, 3.63) is 12.2 Å². The van der Waals surface area contributed by atoms with E-state index in [9.17, 15) is 9.90 Å². The van der Waals surface area contributed by atoms with Crippen molar-refractivity contribution >= 4 is 5.97 Å². The van der Waals surface area contributed by atoms with Crippen molar-refractivity contribution in [1.29, 1.82) is 0 Å². The van der Waals surface area contributed by atoms with E-state index in [2.05, 4.69) is 6.08 Å². The molecule has 1 aliphatic carbocycles. The number of rotatable bonds is 10. The van der Waals surface area contributed by atoms with Gasteiger partial charge in [0.1, 0.15) is 0 Å². The highest BCUT2D eigenvalue weighted by Crippen LogP contribution is 2.41. The number of carboxylic acid groups (broad SMARTS) is 1. The Morgan fingerprint density at radius 2 is 1.89 bits per heavy atom. The molecule has 1 saturated carbocycles. The summed E-state index contributed by atoms with van der Waals surface area (Å²) in [6.45, 7) is 1.97. The summed E-state index contributed by atoms with van der Waals surface area (Å²) < 4.78 is 23.3. The van der Waals surface area contributed by atoms with Crippen LogP contribution in [0, 0.1) is 11.8 Å². The van der Waals surface area contributed by atoms with Crippen molar-refractivity contribution in [3.63, 3.8) is 0 Å². The lowest BCUT2D eigenvalue weighted by Gasteiger charge is -2.31. The van der Waals surface area contributed by atoms with E-state index in [-0.39, 0.29) is 36.9 Å². The van der Waals surface area contributed by atoms with Crippen molar-refractivity contribution in [2.75, 3.05) is 19.8 Å². The molecule has 0 aromatic heterocycles. The minimum atomic E-state index is -0.763. The van der Waals surface area contributed by atoms with Gasteiger partial charge in [-0.2, -0.15) is 0 Å². The molecule has 2 heterocycles. The molecular formula is C21H34O7. The van der Waals surface area contributed by atoms with Crippen molar-refractivity contribution in [3.8, 4) is 0 Å². The molecule has 0 radical (unpaired) electrons. The number of hydrogen-bond acceptors (Lipinski definition) is 6. The maximum Gasteiger partial charge on any atom is 0.303 e. The second kappa shape index (κ2) is 11.3. The fraction of sp³-hybridized carbons (Fsp3) is 0.857. The smallest absolute Gasteiger partial charge is 0.303 e. The molecule has 2 saturated heterocycles. The molecule has 3 rings (SSSR count). The quantitative estimate of drug-likeness (QED) is 0.432. The Balaban J connectivity index is 1.55. The van der Waals surface area contributed by atoms with Crippen molar-refractivity contribution in [2.45, 2.75) is 82.6 Å². The van der Waals surface area contributed by atoms with Crippen LogP contribution >= 0.6 is 0 Å². The SMILES string of the molecule is O=C(O)CCC/C=C\C[C@@H]1[C@@H](CC2OCCO2)[C@H](OC2CCCCO2)C[C@@H]1O. The number of aliphatic hydroxyl groups is 1. The predicted octanol–water partition coefficient (Wildman–Crippen LogP) is 2.86. The third kappa shape index (κ3) is 6.52. The maximum atomic E-state index is 10.7. The zero-order valence-electron chi connectivity index (χ0n) is 16.5. The lowest BCUT2D eigenvalue weighted by atomic mass is 9.87. The highest BCUT2D eigenvalue weighted by atomic mass is 16.7. The van der Waals surface area contributed by atoms with Crippen molar-refractivity contribution < 1.29 is 34.0 Å². The van der Waals surface area contributed by atoms with E-state index >= 15 is 0 Å². The van der Waals surface area contributed by atoms with Crippen LogP contribution in [0.2, 0.25) is 0 Å². The van der Waals surface area contributed by atoms with E-state index in [1.807, 2.05) is 6.08 Å². The maximum absolute atomic E-state index is 10.7. The molecule has 1 unspecified atom stereocenters. The second-order valence-electron chi connectivity index (χ2n) is 8.00. The zero-order valence-corrected chi connectivity index (χ0v) is 16.5. The Bertz CT molecular complexity index is 497. The molecule has 3 fully saturated rings. The molecule has 0 aromatic carbocycles. The van der Waals surface area contributed by atoms with Crippen molar-refractivity contribution in [1.82, 2.24) is 0 Å². The fourth-order valence-electron chi connectivity index (χ4n) is 4.48. The molecule has 7 nitrogen and oxygen atoms in total. The summed E-state index contributed by atoms with van der Waals surface area (Å²) in [5, 5.41) is 19.4. The van der Waals surface area contributed by atoms with E-state index in [1.54, 1.807) is 0 Å². The number of hydrogen-bond donors (Lipinski definition) is 2. The Hall–Kier alpha value is -0.990. The van der Waals surface area contributed by atoms with Crippen LogP contribution in [0.1, 0.15) is 57.8 Å². The van der Waals surface area contributed by atoms with Gasteiger partial charge in [-0.15, -0.1) is 0 Å². The highest BCUT2D eigenvalue weighted by molar-refractivity contribution is 5.66. The van der Waals surface area contributed by atoms with E-state index < -0.39 is 12.1 Å². The normalized spacial score (nSPS) is 34.4.